The molecule has 0 aliphatic rings. The summed E-state index contributed by atoms with van der Waals surface area (Å²) in [5.41, 5.74) is 1.04. The van der Waals surface area contributed by atoms with Crippen LogP contribution in [-0.2, 0) is 16.0 Å². The average Bonchev–Trinajstić information content (AvgIpc) is 2.75. The molecule has 1 aromatic carbocycles. The molecule has 1 aromatic rings. The van der Waals surface area contributed by atoms with Crippen molar-refractivity contribution in [1.29, 1.82) is 0 Å². The van der Waals surface area contributed by atoms with E-state index in [4.69, 9.17) is 4.74 Å². The Balaban J connectivity index is -0.000000428. The van der Waals surface area contributed by atoms with Crippen LogP contribution in [0.2, 0.25) is 0 Å². The second-order valence-electron chi connectivity index (χ2n) is 8.04. The first-order valence-electron chi connectivity index (χ1n) is 12.1. The van der Waals surface area contributed by atoms with Gasteiger partial charge in [0.05, 0.1) is 5.92 Å². The molecule has 2 nitrogen and oxygen atoms in total. The number of benzene rings is 1. The van der Waals surface area contributed by atoms with Gasteiger partial charge < -0.3 is 4.74 Å². The van der Waals surface area contributed by atoms with Crippen LogP contribution in [0.5, 0.6) is 0 Å². The van der Waals surface area contributed by atoms with E-state index in [-0.39, 0.29) is 17.5 Å². The number of hydrogen-bond acceptors (Lipinski definition) is 2. The standard InChI is InChI=1S/C14H28O2.C8H10.C4H8.C2H6/c1-7-10-12(11(8-2)9-3)13(15)16-14(4,5)6;1-2-8-6-4-3-5-7-8;1-3-4-2;1-2/h11-12H,7-10H2,1-6H3;3-7H,2H2,1H3;3H,1,4H2,2H3;1-2H3. The Morgan fingerprint density at radius 3 is 1.73 bits per heavy atom. The highest BCUT2D eigenvalue weighted by atomic mass is 16.6. The van der Waals surface area contributed by atoms with Crippen molar-refractivity contribution in [3.63, 3.8) is 0 Å². The van der Waals surface area contributed by atoms with Gasteiger partial charge in [-0.3, -0.25) is 4.79 Å². The van der Waals surface area contributed by atoms with Crippen LogP contribution in [0.4, 0.5) is 0 Å². The van der Waals surface area contributed by atoms with Crippen molar-refractivity contribution in [3.8, 4) is 0 Å². The molecule has 0 heterocycles. The molecule has 0 aliphatic carbocycles. The van der Waals surface area contributed by atoms with Crippen LogP contribution in [0, 0.1) is 11.8 Å². The van der Waals surface area contributed by atoms with E-state index < -0.39 is 0 Å². The Bertz CT molecular complexity index is 481. The molecule has 0 aromatic heterocycles. The molecule has 0 bridgehead atoms. The molecule has 0 saturated carbocycles. The van der Waals surface area contributed by atoms with Gasteiger partial charge in [-0.05, 0) is 51.5 Å². The third kappa shape index (κ3) is 19.7. The molecular formula is C28H52O2. The van der Waals surface area contributed by atoms with Gasteiger partial charge in [0, 0.05) is 0 Å². The molecule has 2 heteroatoms. The molecule has 0 spiro atoms. The minimum atomic E-state index is -0.366. The molecule has 30 heavy (non-hydrogen) atoms. The number of ether oxygens (including phenoxy) is 1. The zero-order chi connectivity index (χ0) is 24.0. The van der Waals surface area contributed by atoms with E-state index in [9.17, 15) is 4.79 Å². The maximum absolute atomic E-state index is 12.1. The second-order valence-corrected chi connectivity index (χ2v) is 8.04. The summed E-state index contributed by atoms with van der Waals surface area (Å²) in [7, 11) is 0. The molecule has 0 radical (unpaired) electrons. The lowest BCUT2D eigenvalue weighted by Crippen LogP contribution is -2.32. The molecule has 0 fully saturated rings. The fraction of sp³-hybridized carbons (Fsp3) is 0.679. The maximum Gasteiger partial charge on any atom is 0.309 e. The topological polar surface area (TPSA) is 26.3 Å². The molecule has 1 atom stereocenters. The Morgan fingerprint density at radius 1 is 1.00 bits per heavy atom. The van der Waals surface area contributed by atoms with Crippen LogP contribution in [-0.4, -0.2) is 11.6 Å². The lowest BCUT2D eigenvalue weighted by molar-refractivity contribution is -0.162. The van der Waals surface area contributed by atoms with Gasteiger partial charge in [0.25, 0.3) is 0 Å². The Kier molecular flexibility index (Phi) is 24.4. The smallest absolute Gasteiger partial charge is 0.309 e. The number of esters is 1. The zero-order valence-electron chi connectivity index (χ0n) is 21.9. The molecule has 1 unspecified atom stereocenters. The summed E-state index contributed by atoms with van der Waals surface area (Å²) in [6.45, 7) is 23.9. The van der Waals surface area contributed by atoms with E-state index in [1.807, 2.05) is 46.8 Å². The normalized spacial score (nSPS) is 10.9. The van der Waals surface area contributed by atoms with Gasteiger partial charge in [-0.15, -0.1) is 6.58 Å². The van der Waals surface area contributed by atoms with Crippen molar-refractivity contribution in [2.45, 2.75) is 113 Å². The van der Waals surface area contributed by atoms with E-state index in [2.05, 4.69) is 65.5 Å². The van der Waals surface area contributed by atoms with Crippen molar-refractivity contribution >= 4 is 5.97 Å². The van der Waals surface area contributed by atoms with Crippen LogP contribution in [0.25, 0.3) is 0 Å². The van der Waals surface area contributed by atoms with E-state index in [0.717, 1.165) is 38.5 Å². The predicted molar refractivity (Wildman–Crippen MR) is 136 cm³/mol. The number of carbonyl (C=O) groups excluding carboxylic acids is 1. The van der Waals surface area contributed by atoms with Crippen LogP contribution in [0.3, 0.4) is 0 Å². The summed E-state index contributed by atoms with van der Waals surface area (Å²) < 4.78 is 5.50. The summed E-state index contributed by atoms with van der Waals surface area (Å²) in [5, 5.41) is 0. The minimum Gasteiger partial charge on any atom is -0.460 e. The zero-order valence-corrected chi connectivity index (χ0v) is 21.9. The van der Waals surface area contributed by atoms with Gasteiger partial charge in [-0.2, -0.15) is 0 Å². The molecule has 0 aliphatic heterocycles. The van der Waals surface area contributed by atoms with E-state index in [1.165, 1.54) is 5.56 Å². The third-order valence-corrected chi connectivity index (χ3v) is 4.47. The number of allylic oxidation sites excluding steroid dienone is 1. The van der Waals surface area contributed by atoms with Gasteiger partial charge in [0.1, 0.15) is 5.60 Å². The highest BCUT2D eigenvalue weighted by Crippen LogP contribution is 2.27. The predicted octanol–water partition coefficient (Wildman–Crippen LogP) is 9.04. The first-order chi connectivity index (χ1) is 14.2. The van der Waals surface area contributed by atoms with E-state index in [0.29, 0.717) is 5.92 Å². The van der Waals surface area contributed by atoms with Crippen LogP contribution in [0.1, 0.15) is 107 Å². The lowest BCUT2D eigenvalue weighted by Gasteiger charge is -2.28. The van der Waals surface area contributed by atoms with Crippen molar-refractivity contribution in [2.75, 3.05) is 0 Å². The van der Waals surface area contributed by atoms with Gasteiger partial charge in [-0.1, -0.05) is 104 Å². The monoisotopic (exact) mass is 420 g/mol. The average molecular weight is 421 g/mol. The number of carbonyl (C=O) groups is 1. The van der Waals surface area contributed by atoms with Crippen molar-refractivity contribution in [2.24, 2.45) is 11.8 Å². The van der Waals surface area contributed by atoms with Crippen molar-refractivity contribution in [3.05, 3.63) is 48.6 Å². The maximum atomic E-state index is 12.1. The molecule has 176 valence electrons. The first kappa shape index (κ1) is 33.1. The van der Waals surface area contributed by atoms with Gasteiger partial charge in [-0.25, -0.2) is 0 Å². The second kappa shape index (κ2) is 22.1. The van der Waals surface area contributed by atoms with Crippen LogP contribution in [0.15, 0.2) is 43.0 Å². The Labute approximate surface area is 189 Å². The fourth-order valence-corrected chi connectivity index (χ4v) is 2.81. The van der Waals surface area contributed by atoms with Gasteiger partial charge in [0.15, 0.2) is 0 Å². The first-order valence-corrected chi connectivity index (χ1v) is 12.1. The molecule has 0 saturated heterocycles. The summed E-state index contributed by atoms with van der Waals surface area (Å²) in [5.74, 6) is 0.539. The number of hydrogen-bond donors (Lipinski definition) is 0. The summed E-state index contributed by atoms with van der Waals surface area (Å²) >= 11 is 0. The molecule has 1 rings (SSSR count). The molecule has 0 amide bonds. The SMILES string of the molecule is C=CCC.CC.CCCC(C(=O)OC(C)(C)C)C(CC)CC.CCc1ccccc1. The molecular weight excluding hydrogens is 368 g/mol. The summed E-state index contributed by atoms with van der Waals surface area (Å²) in [6.07, 6.45) is 8.20. The van der Waals surface area contributed by atoms with Gasteiger partial charge >= 0.3 is 5.97 Å². The van der Waals surface area contributed by atoms with Crippen molar-refractivity contribution in [1.82, 2.24) is 0 Å². The third-order valence-electron chi connectivity index (χ3n) is 4.47. The largest absolute Gasteiger partial charge is 0.460 e. The van der Waals surface area contributed by atoms with Crippen LogP contribution >= 0.6 is 0 Å². The summed E-state index contributed by atoms with van der Waals surface area (Å²) in [4.78, 5) is 12.1. The van der Waals surface area contributed by atoms with Gasteiger partial charge in [0.2, 0.25) is 0 Å². The number of rotatable bonds is 8. The Morgan fingerprint density at radius 2 is 1.47 bits per heavy atom. The molecule has 0 N–H and O–H groups in total. The van der Waals surface area contributed by atoms with Crippen molar-refractivity contribution < 1.29 is 9.53 Å². The fourth-order valence-electron chi connectivity index (χ4n) is 2.81. The summed E-state index contributed by atoms with van der Waals surface area (Å²) in [6, 6.07) is 10.5. The Hall–Kier alpha value is -1.57. The minimum absolute atomic E-state index is 0.0111. The number of aryl methyl sites for hydroxylation is 1. The quantitative estimate of drug-likeness (QED) is 0.309. The highest BCUT2D eigenvalue weighted by Gasteiger charge is 2.29. The highest BCUT2D eigenvalue weighted by molar-refractivity contribution is 5.73. The lowest BCUT2D eigenvalue weighted by atomic mass is 9.84. The van der Waals surface area contributed by atoms with Crippen LogP contribution < -0.4 is 0 Å². The van der Waals surface area contributed by atoms with E-state index in [1.54, 1.807) is 0 Å². The van der Waals surface area contributed by atoms with E-state index >= 15 is 0 Å².